The number of morpholine rings is 1. The van der Waals surface area contributed by atoms with Crippen LogP contribution < -0.4 is 0 Å². The van der Waals surface area contributed by atoms with E-state index < -0.39 is 16.1 Å². The first-order chi connectivity index (χ1) is 13.5. The number of likely N-dealkylation sites (tertiary alicyclic amines) is 1. The van der Waals surface area contributed by atoms with Crippen LogP contribution >= 0.6 is 0 Å². The average molecular weight is 410 g/mol. The first kappa shape index (κ1) is 20.3. The van der Waals surface area contributed by atoms with E-state index in [1.165, 1.54) is 4.31 Å². The van der Waals surface area contributed by atoms with Crippen molar-refractivity contribution in [1.29, 1.82) is 0 Å². The molecule has 0 aromatic heterocycles. The highest BCUT2D eigenvalue weighted by molar-refractivity contribution is 7.89. The molecule has 156 valence electrons. The minimum absolute atomic E-state index is 0.108. The van der Waals surface area contributed by atoms with Gasteiger partial charge in [0.1, 0.15) is 0 Å². The summed E-state index contributed by atoms with van der Waals surface area (Å²) in [6.07, 6.45) is 1.58. The maximum atomic E-state index is 12.9. The lowest BCUT2D eigenvalue weighted by molar-refractivity contribution is 0.0166. The van der Waals surface area contributed by atoms with Crippen LogP contribution in [0.5, 0.6) is 0 Å². The topological polar surface area (TPSA) is 73.3 Å². The molecule has 0 radical (unpaired) electrons. The summed E-state index contributed by atoms with van der Waals surface area (Å²) in [7, 11) is -3.54. The van der Waals surface area contributed by atoms with Gasteiger partial charge in [-0.15, -0.1) is 0 Å². The quantitative estimate of drug-likeness (QED) is 0.762. The number of benzene rings is 1. The molecule has 1 aromatic rings. The second-order valence-electron chi connectivity index (χ2n) is 8.16. The van der Waals surface area contributed by atoms with E-state index >= 15 is 0 Å². The Balaban J connectivity index is 1.32. The van der Waals surface area contributed by atoms with Gasteiger partial charge in [0.25, 0.3) is 0 Å². The van der Waals surface area contributed by atoms with Gasteiger partial charge in [0, 0.05) is 32.7 Å². The number of ether oxygens (including phenoxy) is 1. The van der Waals surface area contributed by atoms with E-state index in [0.717, 1.165) is 58.8 Å². The predicted octanol–water partition coefficient (Wildman–Crippen LogP) is 0.465. The Morgan fingerprint density at radius 3 is 2.36 bits per heavy atom. The first-order valence-electron chi connectivity index (χ1n) is 10.3. The number of sulfonamides is 1. The summed E-state index contributed by atoms with van der Waals surface area (Å²) in [5.74, 6) is 0.678. The molecule has 2 atom stereocenters. The molecule has 3 fully saturated rings. The fraction of sp³-hybridized carbons (Fsp3) is 0.700. The number of hydrogen-bond acceptors (Lipinski definition) is 6. The number of hydrogen-bond donors (Lipinski definition) is 1. The molecule has 28 heavy (non-hydrogen) atoms. The Morgan fingerprint density at radius 2 is 1.68 bits per heavy atom. The Morgan fingerprint density at radius 1 is 1.00 bits per heavy atom. The molecule has 3 heterocycles. The van der Waals surface area contributed by atoms with Crippen molar-refractivity contribution in [3.8, 4) is 0 Å². The molecule has 3 saturated heterocycles. The van der Waals surface area contributed by atoms with Gasteiger partial charge in [-0.25, -0.2) is 8.42 Å². The van der Waals surface area contributed by atoms with Crippen LogP contribution in [0.1, 0.15) is 12.8 Å². The molecular weight excluding hydrogens is 378 g/mol. The maximum absolute atomic E-state index is 12.9. The van der Waals surface area contributed by atoms with E-state index in [2.05, 4.69) is 9.80 Å². The Labute approximate surface area is 167 Å². The summed E-state index contributed by atoms with van der Waals surface area (Å²) in [5, 5.41) is 10.6. The SMILES string of the molecule is O=S(=O)(c1ccccc1)N1C[C@H](O)[C@@H](N2CCC(CN3CCOCC3)CC2)C1. The van der Waals surface area contributed by atoms with Gasteiger partial charge in [0.2, 0.25) is 10.0 Å². The van der Waals surface area contributed by atoms with Crippen LogP contribution in [0.15, 0.2) is 35.2 Å². The third-order valence-electron chi connectivity index (χ3n) is 6.34. The highest BCUT2D eigenvalue weighted by Crippen LogP contribution is 2.27. The second kappa shape index (κ2) is 8.77. The van der Waals surface area contributed by atoms with Crippen LogP contribution in [0, 0.1) is 5.92 Å². The summed E-state index contributed by atoms with van der Waals surface area (Å²) in [6.45, 7) is 7.23. The normalized spacial score (nSPS) is 29.3. The molecule has 8 heteroatoms. The largest absolute Gasteiger partial charge is 0.390 e. The lowest BCUT2D eigenvalue weighted by Gasteiger charge is -2.39. The van der Waals surface area contributed by atoms with Gasteiger partial charge >= 0.3 is 0 Å². The van der Waals surface area contributed by atoms with Crippen molar-refractivity contribution in [2.24, 2.45) is 5.92 Å². The van der Waals surface area contributed by atoms with Crippen molar-refractivity contribution in [3.63, 3.8) is 0 Å². The molecule has 0 spiro atoms. The Hall–Kier alpha value is -1.03. The third kappa shape index (κ3) is 4.42. The summed E-state index contributed by atoms with van der Waals surface area (Å²) in [4.78, 5) is 5.08. The van der Waals surface area contributed by atoms with E-state index in [1.807, 2.05) is 6.07 Å². The third-order valence-corrected chi connectivity index (χ3v) is 8.19. The van der Waals surface area contributed by atoms with E-state index in [1.54, 1.807) is 24.3 Å². The molecule has 3 aliphatic heterocycles. The molecule has 7 nitrogen and oxygen atoms in total. The zero-order valence-corrected chi connectivity index (χ0v) is 17.1. The molecule has 0 bridgehead atoms. The molecule has 1 aromatic carbocycles. The lowest BCUT2D eigenvalue weighted by atomic mass is 9.94. The van der Waals surface area contributed by atoms with Gasteiger partial charge in [-0.05, 0) is 44.0 Å². The number of aliphatic hydroxyl groups excluding tert-OH is 1. The monoisotopic (exact) mass is 409 g/mol. The maximum Gasteiger partial charge on any atom is 0.243 e. The van der Waals surface area contributed by atoms with E-state index in [-0.39, 0.29) is 12.6 Å². The zero-order chi connectivity index (χ0) is 19.6. The van der Waals surface area contributed by atoms with Crippen molar-refractivity contribution >= 4 is 10.0 Å². The predicted molar refractivity (Wildman–Crippen MR) is 107 cm³/mol. The molecule has 0 aliphatic carbocycles. The highest BCUT2D eigenvalue weighted by Gasteiger charge is 2.42. The lowest BCUT2D eigenvalue weighted by Crippen LogP contribution is -2.49. The fourth-order valence-electron chi connectivity index (χ4n) is 4.65. The number of nitrogens with zero attached hydrogens (tertiary/aromatic N) is 3. The van der Waals surface area contributed by atoms with E-state index in [0.29, 0.717) is 17.4 Å². The molecular formula is C20H31N3O4S. The number of rotatable bonds is 5. The van der Waals surface area contributed by atoms with Crippen LogP contribution in [0.2, 0.25) is 0 Å². The fourth-order valence-corrected chi connectivity index (χ4v) is 6.14. The number of piperidine rings is 1. The van der Waals surface area contributed by atoms with Gasteiger partial charge in [-0.3, -0.25) is 9.80 Å². The van der Waals surface area contributed by atoms with Gasteiger partial charge < -0.3 is 9.84 Å². The minimum atomic E-state index is -3.54. The standard InChI is InChI=1S/C20H31N3O4S/c24-20-16-23(28(25,26)18-4-2-1-3-5-18)15-19(20)22-8-6-17(7-9-22)14-21-10-12-27-13-11-21/h1-5,17,19-20,24H,6-16H2/t19-,20-/m0/s1. The van der Waals surface area contributed by atoms with Gasteiger partial charge in [-0.1, -0.05) is 18.2 Å². The van der Waals surface area contributed by atoms with Crippen LogP contribution in [0.25, 0.3) is 0 Å². The van der Waals surface area contributed by atoms with Crippen LogP contribution in [-0.2, 0) is 14.8 Å². The van der Waals surface area contributed by atoms with Crippen molar-refractivity contribution in [3.05, 3.63) is 30.3 Å². The number of aliphatic hydroxyl groups is 1. The van der Waals surface area contributed by atoms with Gasteiger partial charge in [0.05, 0.1) is 30.3 Å². The van der Waals surface area contributed by atoms with E-state index in [4.69, 9.17) is 4.74 Å². The smallest absolute Gasteiger partial charge is 0.243 e. The molecule has 3 aliphatic rings. The zero-order valence-electron chi connectivity index (χ0n) is 16.3. The summed E-state index contributed by atoms with van der Waals surface area (Å²) in [6, 6.07) is 8.40. The van der Waals surface area contributed by atoms with Gasteiger partial charge in [0.15, 0.2) is 0 Å². The minimum Gasteiger partial charge on any atom is -0.390 e. The Bertz CT molecular complexity index is 731. The molecule has 0 saturated carbocycles. The number of β-amino-alcohol motifs (C(OH)–C–C–N with tert-alkyl or cyclic N) is 1. The Kier molecular flexibility index (Phi) is 6.34. The van der Waals surface area contributed by atoms with Crippen molar-refractivity contribution in [2.75, 3.05) is 59.0 Å². The van der Waals surface area contributed by atoms with Crippen molar-refractivity contribution in [1.82, 2.24) is 14.1 Å². The van der Waals surface area contributed by atoms with Crippen LogP contribution in [-0.4, -0.2) is 98.8 Å². The highest BCUT2D eigenvalue weighted by atomic mass is 32.2. The van der Waals surface area contributed by atoms with Crippen LogP contribution in [0.3, 0.4) is 0 Å². The van der Waals surface area contributed by atoms with Crippen molar-refractivity contribution in [2.45, 2.75) is 29.9 Å². The van der Waals surface area contributed by atoms with Gasteiger partial charge in [-0.2, -0.15) is 4.31 Å². The summed E-state index contributed by atoms with van der Waals surface area (Å²) >= 11 is 0. The molecule has 4 rings (SSSR count). The van der Waals surface area contributed by atoms with Crippen molar-refractivity contribution < 1.29 is 18.3 Å². The molecule has 0 amide bonds. The van der Waals surface area contributed by atoms with E-state index in [9.17, 15) is 13.5 Å². The molecule has 0 unspecified atom stereocenters. The second-order valence-corrected chi connectivity index (χ2v) is 10.1. The first-order valence-corrected chi connectivity index (χ1v) is 11.8. The summed E-state index contributed by atoms with van der Waals surface area (Å²) in [5.41, 5.74) is 0. The average Bonchev–Trinajstić information content (AvgIpc) is 3.12. The molecule has 1 N–H and O–H groups in total. The summed E-state index contributed by atoms with van der Waals surface area (Å²) < 4.78 is 32.6. The van der Waals surface area contributed by atoms with Crippen LogP contribution in [0.4, 0.5) is 0 Å².